The molecule has 0 aliphatic carbocycles. The number of hydrogen-bond donors (Lipinski definition) is 0. The number of para-hydroxylation sites is 1. The molecular weight excluding hydrogens is 418 g/mol. The molecule has 0 saturated heterocycles. The van der Waals surface area contributed by atoms with E-state index < -0.39 is 0 Å². The molecule has 0 aliphatic heterocycles. The van der Waals surface area contributed by atoms with Gasteiger partial charge in [-0.15, -0.1) is 10.2 Å². The van der Waals surface area contributed by atoms with Gasteiger partial charge in [-0.2, -0.15) is 0 Å². The lowest BCUT2D eigenvalue weighted by atomic mass is 9.99. The summed E-state index contributed by atoms with van der Waals surface area (Å²) >= 11 is 6.02. The van der Waals surface area contributed by atoms with Gasteiger partial charge in [0.05, 0.1) is 5.52 Å². The molecule has 0 saturated carbocycles. The van der Waals surface area contributed by atoms with Crippen molar-refractivity contribution in [2.75, 3.05) is 0 Å². The standard InChI is InChI=1S/C27H20ClN3O/c28-23-13-7-20(8-14-23)17-25(27-31-29-18-32-27)21-10-5-19(6-11-21)9-15-24-16-12-22-3-1-2-4-26(22)30-24/h1-8,10-14,16-18H,9,15H2/b25-17-. The molecule has 5 rings (SSSR count). The maximum Gasteiger partial charge on any atom is 0.248 e. The van der Waals surface area contributed by atoms with Crippen molar-refractivity contribution in [3.8, 4) is 0 Å². The Labute approximate surface area is 191 Å². The second-order valence-corrected chi connectivity index (χ2v) is 7.98. The molecule has 0 radical (unpaired) electrons. The normalized spacial score (nSPS) is 11.7. The number of pyridine rings is 1. The molecule has 2 heterocycles. The van der Waals surface area contributed by atoms with E-state index in [2.05, 4.69) is 58.7 Å². The van der Waals surface area contributed by atoms with Crippen molar-refractivity contribution in [1.82, 2.24) is 15.2 Å². The van der Waals surface area contributed by atoms with Gasteiger partial charge >= 0.3 is 0 Å². The van der Waals surface area contributed by atoms with Gasteiger partial charge in [-0.05, 0) is 59.9 Å². The second-order valence-electron chi connectivity index (χ2n) is 7.55. The minimum Gasteiger partial charge on any atom is -0.423 e. The maximum atomic E-state index is 6.02. The lowest BCUT2D eigenvalue weighted by Gasteiger charge is -2.07. The number of halogens is 1. The van der Waals surface area contributed by atoms with Gasteiger partial charge in [0.25, 0.3) is 0 Å². The lowest BCUT2D eigenvalue weighted by Crippen LogP contribution is -1.96. The molecule has 32 heavy (non-hydrogen) atoms. The van der Waals surface area contributed by atoms with Crippen LogP contribution in [0, 0.1) is 0 Å². The van der Waals surface area contributed by atoms with Crippen LogP contribution in [0.4, 0.5) is 0 Å². The molecule has 2 aromatic heterocycles. The molecule has 0 N–H and O–H groups in total. The summed E-state index contributed by atoms with van der Waals surface area (Å²) in [6, 6.07) is 28.6. The van der Waals surface area contributed by atoms with Crippen molar-refractivity contribution in [2.45, 2.75) is 12.8 Å². The summed E-state index contributed by atoms with van der Waals surface area (Å²) < 4.78 is 5.49. The molecule has 0 aliphatic rings. The van der Waals surface area contributed by atoms with Crippen molar-refractivity contribution < 1.29 is 4.42 Å². The number of fused-ring (bicyclic) bond motifs is 1. The summed E-state index contributed by atoms with van der Waals surface area (Å²) in [5, 5.41) is 9.82. The third-order valence-corrected chi connectivity index (χ3v) is 5.61. The van der Waals surface area contributed by atoms with E-state index in [9.17, 15) is 0 Å². The highest BCUT2D eigenvalue weighted by atomic mass is 35.5. The Hall–Kier alpha value is -3.76. The highest BCUT2D eigenvalue weighted by Gasteiger charge is 2.11. The van der Waals surface area contributed by atoms with Crippen LogP contribution in [0.25, 0.3) is 22.6 Å². The number of benzene rings is 3. The van der Waals surface area contributed by atoms with E-state index >= 15 is 0 Å². The topological polar surface area (TPSA) is 51.8 Å². The lowest BCUT2D eigenvalue weighted by molar-refractivity contribution is 0.539. The molecule has 5 aromatic rings. The van der Waals surface area contributed by atoms with Crippen LogP contribution in [0.5, 0.6) is 0 Å². The van der Waals surface area contributed by atoms with Crippen LogP contribution in [0.2, 0.25) is 5.02 Å². The number of nitrogens with zero attached hydrogens (tertiary/aromatic N) is 3. The Kier molecular flexibility index (Phi) is 5.77. The summed E-state index contributed by atoms with van der Waals surface area (Å²) in [6.07, 6.45) is 5.18. The minimum absolute atomic E-state index is 0.480. The molecule has 0 atom stereocenters. The Morgan fingerprint density at radius 2 is 1.66 bits per heavy atom. The summed E-state index contributed by atoms with van der Waals surface area (Å²) in [5.74, 6) is 0.480. The summed E-state index contributed by atoms with van der Waals surface area (Å²) in [6.45, 7) is 0. The van der Waals surface area contributed by atoms with Gasteiger partial charge in [0.2, 0.25) is 12.3 Å². The highest BCUT2D eigenvalue weighted by Crippen LogP contribution is 2.26. The summed E-state index contributed by atoms with van der Waals surface area (Å²) in [7, 11) is 0. The van der Waals surface area contributed by atoms with Crippen molar-refractivity contribution in [3.63, 3.8) is 0 Å². The van der Waals surface area contributed by atoms with E-state index in [1.807, 2.05) is 42.5 Å². The van der Waals surface area contributed by atoms with Crippen LogP contribution >= 0.6 is 11.6 Å². The van der Waals surface area contributed by atoms with Crippen LogP contribution in [0.15, 0.2) is 95.7 Å². The fourth-order valence-electron chi connectivity index (χ4n) is 3.66. The predicted molar refractivity (Wildman–Crippen MR) is 128 cm³/mol. The summed E-state index contributed by atoms with van der Waals surface area (Å²) in [5.41, 5.74) is 6.28. The molecule has 0 spiro atoms. The molecule has 0 bridgehead atoms. The third-order valence-electron chi connectivity index (χ3n) is 5.36. The van der Waals surface area contributed by atoms with Gasteiger partial charge in [-0.1, -0.05) is 72.3 Å². The number of aromatic nitrogens is 3. The Morgan fingerprint density at radius 1 is 0.844 bits per heavy atom. The van der Waals surface area contributed by atoms with Crippen LogP contribution in [-0.4, -0.2) is 15.2 Å². The summed E-state index contributed by atoms with van der Waals surface area (Å²) in [4.78, 5) is 4.78. The minimum atomic E-state index is 0.480. The molecule has 156 valence electrons. The SMILES string of the molecule is Clc1ccc(/C=C(/c2ccc(CCc3ccc4ccccc4n3)cc2)c2nnco2)cc1. The van der Waals surface area contributed by atoms with Gasteiger partial charge in [-0.3, -0.25) is 4.98 Å². The third kappa shape index (κ3) is 4.61. The quantitative estimate of drug-likeness (QED) is 0.279. The van der Waals surface area contributed by atoms with Crippen LogP contribution in [0.3, 0.4) is 0 Å². The molecule has 3 aromatic carbocycles. The van der Waals surface area contributed by atoms with Gasteiger partial charge in [0.1, 0.15) is 0 Å². The fourth-order valence-corrected chi connectivity index (χ4v) is 3.78. The van der Waals surface area contributed by atoms with Crippen molar-refractivity contribution in [3.05, 3.63) is 125 Å². The van der Waals surface area contributed by atoms with Crippen LogP contribution in [-0.2, 0) is 12.8 Å². The first-order valence-corrected chi connectivity index (χ1v) is 10.8. The molecule has 0 amide bonds. The Balaban J connectivity index is 1.36. The van der Waals surface area contributed by atoms with E-state index in [1.165, 1.54) is 17.3 Å². The smallest absolute Gasteiger partial charge is 0.248 e. The second kappa shape index (κ2) is 9.16. The van der Waals surface area contributed by atoms with Crippen molar-refractivity contribution in [1.29, 1.82) is 0 Å². The largest absolute Gasteiger partial charge is 0.423 e. The van der Waals surface area contributed by atoms with Crippen LogP contribution < -0.4 is 0 Å². The zero-order chi connectivity index (χ0) is 21.8. The fraction of sp³-hybridized carbons (Fsp3) is 0.0741. The van der Waals surface area contributed by atoms with E-state index in [4.69, 9.17) is 21.0 Å². The molecular formula is C27H20ClN3O. The Bertz CT molecular complexity index is 1360. The van der Waals surface area contributed by atoms with Crippen LogP contribution in [0.1, 0.15) is 28.3 Å². The highest BCUT2D eigenvalue weighted by molar-refractivity contribution is 6.30. The number of aryl methyl sites for hydroxylation is 2. The maximum absolute atomic E-state index is 6.02. The zero-order valence-electron chi connectivity index (χ0n) is 17.3. The van der Waals surface area contributed by atoms with E-state index in [-0.39, 0.29) is 0 Å². The average molecular weight is 438 g/mol. The van der Waals surface area contributed by atoms with Gasteiger partial charge < -0.3 is 4.42 Å². The van der Waals surface area contributed by atoms with Crippen molar-refractivity contribution in [2.24, 2.45) is 0 Å². The molecule has 0 unspecified atom stereocenters. The molecule has 5 heteroatoms. The average Bonchev–Trinajstić information content (AvgIpc) is 3.37. The first-order valence-electron chi connectivity index (χ1n) is 10.4. The van der Waals surface area contributed by atoms with E-state index in [1.54, 1.807) is 0 Å². The predicted octanol–water partition coefficient (Wildman–Crippen LogP) is 6.65. The first kappa shape index (κ1) is 20.2. The van der Waals surface area contributed by atoms with Gasteiger partial charge in [-0.25, -0.2) is 0 Å². The van der Waals surface area contributed by atoms with E-state index in [0.29, 0.717) is 10.9 Å². The van der Waals surface area contributed by atoms with Crippen molar-refractivity contribution >= 4 is 34.2 Å². The number of rotatable bonds is 6. The Morgan fingerprint density at radius 3 is 2.44 bits per heavy atom. The zero-order valence-corrected chi connectivity index (χ0v) is 18.0. The van der Waals surface area contributed by atoms with E-state index in [0.717, 1.165) is 40.8 Å². The monoisotopic (exact) mass is 437 g/mol. The van der Waals surface area contributed by atoms with Gasteiger partial charge in [0.15, 0.2) is 0 Å². The first-order chi connectivity index (χ1) is 15.7. The number of hydrogen-bond acceptors (Lipinski definition) is 4. The molecule has 0 fully saturated rings. The van der Waals surface area contributed by atoms with Gasteiger partial charge in [0, 0.05) is 21.7 Å². The molecule has 4 nitrogen and oxygen atoms in total.